The molecule has 0 aromatic carbocycles. The first-order chi connectivity index (χ1) is 38.5. The maximum absolute atomic E-state index is 12.5. The Hall–Kier alpha value is -1.66. The largest absolute Gasteiger partial charge is 0.466 e. The van der Waals surface area contributed by atoms with E-state index in [1.54, 1.807) is 6.08 Å². The van der Waals surface area contributed by atoms with Crippen LogP contribution in [0.15, 0.2) is 24.3 Å². The molecule has 0 radical (unpaired) electrons. The molecule has 0 aromatic heterocycles. The number of esters is 1. The van der Waals surface area contributed by atoms with Crippen molar-refractivity contribution < 1.29 is 24.5 Å². The molecule has 0 saturated heterocycles. The molecule has 0 aliphatic rings. The summed E-state index contributed by atoms with van der Waals surface area (Å²) in [7, 11) is 0. The van der Waals surface area contributed by atoms with Gasteiger partial charge in [0.05, 0.1) is 25.4 Å². The zero-order valence-corrected chi connectivity index (χ0v) is 52.9. The van der Waals surface area contributed by atoms with Crippen molar-refractivity contribution in [1.82, 2.24) is 5.32 Å². The van der Waals surface area contributed by atoms with Crippen LogP contribution in [0.3, 0.4) is 0 Å². The number of hydrogen-bond donors (Lipinski definition) is 3. The Kier molecular flexibility index (Phi) is 66.4. The van der Waals surface area contributed by atoms with Crippen LogP contribution in [0.5, 0.6) is 0 Å². The number of ether oxygens (including phenoxy) is 1. The number of nitrogens with one attached hydrogen (secondary N) is 1. The summed E-state index contributed by atoms with van der Waals surface area (Å²) in [4.78, 5) is 24.6. The molecule has 2 unspecified atom stereocenters. The van der Waals surface area contributed by atoms with Crippen molar-refractivity contribution in [1.29, 1.82) is 0 Å². The molecular formula is C72H139NO5. The summed E-state index contributed by atoms with van der Waals surface area (Å²) in [5, 5.41) is 23.3. The maximum Gasteiger partial charge on any atom is 0.305 e. The number of carbonyl (C=O) groups excluding carboxylic acids is 2. The lowest BCUT2D eigenvalue weighted by atomic mass is 10.0. The zero-order chi connectivity index (χ0) is 56.4. The summed E-state index contributed by atoms with van der Waals surface area (Å²) in [6.45, 7) is 4.94. The standard InChI is InChI=1S/C72H139NO5/c1-3-5-7-9-11-13-15-17-19-21-23-24-25-26-27-29-32-36-40-44-48-52-56-60-64-70(75)69(68-74)73-71(76)65-61-57-53-49-45-41-37-33-30-28-31-35-39-43-47-51-55-59-63-67-78-72(77)66-62-58-54-50-46-42-38-34-22-20-18-16-14-12-10-8-6-4-2/h28,30,60,64,69-70,74-75H,3-27,29,31-59,61-63,65-68H2,1-2H3,(H,73,76)/b30-28-,64-60+. The molecule has 0 aliphatic carbocycles. The number of aliphatic hydroxyl groups excluding tert-OH is 2. The molecular weight excluding hydrogens is 959 g/mol. The highest BCUT2D eigenvalue weighted by molar-refractivity contribution is 5.76. The van der Waals surface area contributed by atoms with Gasteiger partial charge in [-0.15, -0.1) is 0 Å². The van der Waals surface area contributed by atoms with E-state index >= 15 is 0 Å². The van der Waals surface area contributed by atoms with Gasteiger partial charge in [0.1, 0.15) is 0 Å². The summed E-state index contributed by atoms with van der Waals surface area (Å²) >= 11 is 0. The van der Waals surface area contributed by atoms with Gasteiger partial charge in [0.25, 0.3) is 0 Å². The van der Waals surface area contributed by atoms with E-state index in [2.05, 4.69) is 31.3 Å². The Balaban J connectivity index is 3.44. The Morgan fingerprint density at radius 1 is 0.346 bits per heavy atom. The SMILES string of the molecule is CCCCCCCCCCCCCCCCCCCCCCCC/C=C/C(O)C(CO)NC(=O)CCCCCCCCC/C=C\CCCCCCCCCCOC(=O)CCCCCCCCCCCCCCCCCCCC. The molecule has 0 aliphatic heterocycles. The summed E-state index contributed by atoms with van der Waals surface area (Å²) in [6, 6.07) is -0.636. The molecule has 3 N–H and O–H groups in total. The fourth-order valence-electron chi connectivity index (χ4n) is 11.3. The molecule has 462 valence electrons. The summed E-state index contributed by atoms with van der Waals surface area (Å²) in [5.41, 5.74) is 0. The molecule has 0 aromatic rings. The average Bonchev–Trinajstić information content (AvgIpc) is 3.44. The van der Waals surface area contributed by atoms with Crippen molar-refractivity contribution in [3.8, 4) is 0 Å². The topological polar surface area (TPSA) is 95.9 Å². The number of allylic oxidation sites excluding steroid dienone is 3. The third-order valence-electron chi connectivity index (χ3n) is 16.7. The second-order valence-corrected chi connectivity index (χ2v) is 24.6. The number of rotatable bonds is 67. The van der Waals surface area contributed by atoms with E-state index < -0.39 is 12.1 Å². The van der Waals surface area contributed by atoms with Gasteiger partial charge < -0.3 is 20.3 Å². The number of hydrogen-bond acceptors (Lipinski definition) is 5. The van der Waals surface area contributed by atoms with Gasteiger partial charge in [0.2, 0.25) is 5.91 Å². The molecule has 0 spiro atoms. The first-order valence-electron chi connectivity index (χ1n) is 35.6. The summed E-state index contributed by atoms with van der Waals surface area (Å²) in [5.74, 6) is -0.0645. The first kappa shape index (κ1) is 76.3. The second-order valence-electron chi connectivity index (χ2n) is 24.6. The molecule has 0 saturated carbocycles. The number of unbranched alkanes of at least 4 members (excludes halogenated alkanes) is 54. The van der Waals surface area contributed by atoms with Crippen LogP contribution in [-0.2, 0) is 14.3 Å². The Morgan fingerprint density at radius 3 is 0.910 bits per heavy atom. The molecule has 78 heavy (non-hydrogen) atoms. The van der Waals surface area contributed by atoms with Gasteiger partial charge in [-0.25, -0.2) is 0 Å². The highest BCUT2D eigenvalue weighted by atomic mass is 16.5. The van der Waals surface area contributed by atoms with Crippen molar-refractivity contribution in [3.63, 3.8) is 0 Å². The van der Waals surface area contributed by atoms with Gasteiger partial charge in [0, 0.05) is 12.8 Å². The number of amides is 1. The predicted octanol–water partition coefficient (Wildman–Crippen LogP) is 22.9. The van der Waals surface area contributed by atoms with E-state index in [4.69, 9.17) is 4.74 Å². The van der Waals surface area contributed by atoms with E-state index in [1.807, 2.05) is 6.08 Å². The molecule has 0 rings (SSSR count). The van der Waals surface area contributed by atoms with Crippen LogP contribution in [0.4, 0.5) is 0 Å². The third kappa shape index (κ3) is 63.5. The van der Waals surface area contributed by atoms with Gasteiger partial charge in [-0.2, -0.15) is 0 Å². The van der Waals surface area contributed by atoms with Crippen molar-refractivity contribution in [2.45, 2.75) is 411 Å². The smallest absolute Gasteiger partial charge is 0.305 e. The van der Waals surface area contributed by atoms with Crippen molar-refractivity contribution in [2.24, 2.45) is 0 Å². The van der Waals surface area contributed by atoms with Gasteiger partial charge >= 0.3 is 5.97 Å². The molecule has 0 fully saturated rings. The lowest BCUT2D eigenvalue weighted by Crippen LogP contribution is -2.45. The van der Waals surface area contributed by atoms with Crippen molar-refractivity contribution in [2.75, 3.05) is 13.2 Å². The van der Waals surface area contributed by atoms with Crippen molar-refractivity contribution >= 4 is 11.9 Å². The van der Waals surface area contributed by atoms with Crippen LogP contribution in [0.1, 0.15) is 399 Å². The predicted molar refractivity (Wildman–Crippen MR) is 343 cm³/mol. The van der Waals surface area contributed by atoms with Crippen LogP contribution in [-0.4, -0.2) is 47.4 Å². The number of carbonyl (C=O) groups is 2. The van der Waals surface area contributed by atoms with Gasteiger partial charge in [-0.1, -0.05) is 353 Å². The van der Waals surface area contributed by atoms with Crippen LogP contribution in [0.2, 0.25) is 0 Å². The lowest BCUT2D eigenvalue weighted by Gasteiger charge is -2.20. The monoisotopic (exact) mass is 1100 g/mol. The van der Waals surface area contributed by atoms with E-state index in [1.165, 1.54) is 327 Å². The van der Waals surface area contributed by atoms with E-state index in [0.29, 0.717) is 19.4 Å². The van der Waals surface area contributed by atoms with Crippen LogP contribution in [0, 0.1) is 0 Å². The molecule has 1 amide bonds. The van der Waals surface area contributed by atoms with Gasteiger partial charge in [0.15, 0.2) is 0 Å². The minimum atomic E-state index is -0.852. The number of aliphatic hydroxyl groups is 2. The molecule has 6 nitrogen and oxygen atoms in total. The summed E-state index contributed by atoms with van der Waals surface area (Å²) < 4.78 is 5.50. The highest BCUT2D eigenvalue weighted by Crippen LogP contribution is 2.19. The normalized spacial score (nSPS) is 12.6. The maximum atomic E-state index is 12.5. The highest BCUT2D eigenvalue weighted by Gasteiger charge is 2.18. The van der Waals surface area contributed by atoms with E-state index in [-0.39, 0.29) is 18.5 Å². The van der Waals surface area contributed by atoms with Crippen molar-refractivity contribution in [3.05, 3.63) is 24.3 Å². The minimum Gasteiger partial charge on any atom is -0.466 e. The lowest BCUT2D eigenvalue weighted by molar-refractivity contribution is -0.143. The minimum absolute atomic E-state index is 0.00862. The van der Waals surface area contributed by atoms with Gasteiger partial charge in [-0.05, 0) is 57.8 Å². The average molecular weight is 1100 g/mol. The quantitative estimate of drug-likeness (QED) is 0.0320. The van der Waals surface area contributed by atoms with Crippen LogP contribution >= 0.6 is 0 Å². The Labute approximate surface area is 488 Å². The van der Waals surface area contributed by atoms with E-state index in [9.17, 15) is 19.8 Å². The fourth-order valence-corrected chi connectivity index (χ4v) is 11.3. The Morgan fingerprint density at radius 2 is 0.603 bits per heavy atom. The molecule has 6 heteroatoms. The summed E-state index contributed by atoms with van der Waals surface area (Å²) in [6.07, 6.45) is 85.4. The fraction of sp³-hybridized carbons (Fsp3) is 0.917. The Bertz CT molecular complexity index is 1220. The van der Waals surface area contributed by atoms with Crippen LogP contribution in [0.25, 0.3) is 0 Å². The molecule has 2 atom stereocenters. The van der Waals surface area contributed by atoms with E-state index in [0.717, 1.165) is 44.9 Å². The molecule has 0 bridgehead atoms. The molecule has 0 heterocycles. The zero-order valence-electron chi connectivity index (χ0n) is 52.9. The van der Waals surface area contributed by atoms with Gasteiger partial charge in [-0.3, -0.25) is 9.59 Å². The first-order valence-corrected chi connectivity index (χ1v) is 35.6. The third-order valence-corrected chi connectivity index (χ3v) is 16.7. The van der Waals surface area contributed by atoms with Crippen LogP contribution < -0.4 is 5.32 Å². The second kappa shape index (κ2) is 67.8.